The molecule has 0 radical (unpaired) electrons. The SMILES string of the molecule is CC(C)(Cc1ccc2ccccc2n1)NC[C@@H](O)COc1cccc(Cl)c1C#N.Cl.Cl. The van der Waals surface area contributed by atoms with Crippen LogP contribution in [0.15, 0.2) is 54.6 Å². The summed E-state index contributed by atoms with van der Waals surface area (Å²) in [6.45, 7) is 4.56. The molecular formula is C23H26Cl3N3O2. The van der Waals surface area contributed by atoms with E-state index in [0.29, 0.717) is 17.3 Å². The second-order valence-corrected chi connectivity index (χ2v) is 8.03. The predicted octanol–water partition coefficient (Wildman–Crippen LogP) is 4.95. The maximum atomic E-state index is 10.3. The highest BCUT2D eigenvalue weighted by Crippen LogP contribution is 2.25. The second kappa shape index (κ2) is 12.1. The molecule has 166 valence electrons. The minimum absolute atomic E-state index is 0. The van der Waals surface area contributed by atoms with E-state index in [4.69, 9.17) is 21.3 Å². The topological polar surface area (TPSA) is 78.2 Å². The van der Waals surface area contributed by atoms with Crippen LogP contribution in [-0.2, 0) is 6.42 Å². The average Bonchev–Trinajstić information content (AvgIpc) is 2.70. The van der Waals surface area contributed by atoms with Crippen molar-refractivity contribution in [3.63, 3.8) is 0 Å². The van der Waals surface area contributed by atoms with Gasteiger partial charge in [-0.3, -0.25) is 4.98 Å². The first kappa shape index (κ1) is 27.0. The van der Waals surface area contributed by atoms with Crippen LogP contribution in [0.5, 0.6) is 5.75 Å². The number of nitrogens with one attached hydrogen (secondary N) is 1. The maximum Gasteiger partial charge on any atom is 0.138 e. The number of hydrogen-bond donors (Lipinski definition) is 2. The number of aliphatic hydroxyl groups is 1. The Bertz CT molecular complexity index is 1040. The molecule has 2 aromatic carbocycles. The van der Waals surface area contributed by atoms with Gasteiger partial charge in [0.1, 0.15) is 30.1 Å². The molecule has 0 fully saturated rings. The van der Waals surface area contributed by atoms with Crippen molar-refractivity contribution in [3.8, 4) is 11.8 Å². The number of hydrogen-bond acceptors (Lipinski definition) is 5. The lowest BCUT2D eigenvalue weighted by molar-refractivity contribution is 0.0986. The first-order valence-corrected chi connectivity index (χ1v) is 9.85. The number of ether oxygens (including phenoxy) is 1. The molecule has 0 saturated heterocycles. The van der Waals surface area contributed by atoms with Crippen LogP contribution >= 0.6 is 36.4 Å². The zero-order chi connectivity index (χ0) is 20.9. The van der Waals surface area contributed by atoms with Gasteiger partial charge >= 0.3 is 0 Å². The minimum atomic E-state index is -0.732. The van der Waals surface area contributed by atoms with Crippen LogP contribution in [-0.4, -0.2) is 34.9 Å². The summed E-state index contributed by atoms with van der Waals surface area (Å²) in [5.41, 5.74) is 1.98. The van der Waals surface area contributed by atoms with Crippen molar-refractivity contribution in [2.24, 2.45) is 0 Å². The molecule has 31 heavy (non-hydrogen) atoms. The van der Waals surface area contributed by atoms with Gasteiger partial charge in [-0.1, -0.05) is 41.9 Å². The fourth-order valence-electron chi connectivity index (χ4n) is 3.09. The van der Waals surface area contributed by atoms with Gasteiger partial charge in [-0.25, -0.2) is 0 Å². The number of aromatic nitrogens is 1. The van der Waals surface area contributed by atoms with E-state index in [1.54, 1.807) is 18.2 Å². The number of benzene rings is 2. The summed E-state index contributed by atoms with van der Waals surface area (Å²) in [6, 6.07) is 19.2. The summed E-state index contributed by atoms with van der Waals surface area (Å²) in [5.74, 6) is 0.374. The molecule has 8 heteroatoms. The van der Waals surface area contributed by atoms with Gasteiger partial charge in [0.05, 0.1) is 10.5 Å². The molecule has 0 bridgehead atoms. The number of fused-ring (bicyclic) bond motifs is 1. The molecule has 0 saturated carbocycles. The minimum Gasteiger partial charge on any atom is -0.489 e. The number of halogens is 3. The Hall–Kier alpha value is -2.07. The zero-order valence-electron chi connectivity index (χ0n) is 17.3. The third kappa shape index (κ3) is 7.53. The van der Waals surface area contributed by atoms with Crippen LogP contribution < -0.4 is 10.1 Å². The molecule has 0 aliphatic heterocycles. The van der Waals surface area contributed by atoms with Gasteiger partial charge in [-0.15, -0.1) is 24.8 Å². The lowest BCUT2D eigenvalue weighted by atomic mass is 9.97. The van der Waals surface area contributed by atoms with Gasteiger partial charge in [0.2, 0.25) is 0 Å². The number of pyridine rings is 1. The van der Waals surface area contributed by atoms with Crippen molar-refractivity contribution in [2.45, 2.75) is 31.9 Å². The molecule has 0 amide bonds. The number of para-hydroxylation sites is 1. The van der Waals surface area contributed by atoms with Crippen molar-refractivity contribution >= 4 is 47.3 Å². The number of rotatable bonds is 8. The van der Waals surface area contributed by atoms with Crippen LogP contribution in [0.1, 0.15) is 25.1 Å². The number of nitrogens with zero attached hydrogens (tertiary/aromatic N) is 2. The Balaban J connectivity index is 0.00000240. The smallest absolute Gasteiger partial charge is 0.138 e. The highest BCUT2D eigenvalue weighted by molar-refractivity contribution is 6.31. The lowest BCUT2D eigenvalue weighted by Crippen LogP contribution is -2.46. The first-order chi connectivity index (χ1) is 13.9. The van der Waals surface area contributed by atoms with E-state index in [9.17, 15) is 10.4 Å². The number of aliphatic hydroxyl groups excluding tert-OH is 1. The van der Waals surface area contributed by atoms with Crippen LogP contribution in [0.25, 0.3) is 10.9 Å². The third-order valence-corrected chi connectivity index (χ3v) is 4.93. The molecule has 2 N–H and O–H groups in total. The van der Waals surface area contributed by atoms with E-state index in [-0.39, 0.29) is 42.5 Å². The van der Waals surface area contributed by atoms with Gasteiger partial charge in [-0.2, -0.15) is 5.26 Å². The summed E-state index contributed by atoms with van der Waals surface area (Å²) >= 11 is 6.00. The van der Waals surface area contributed by atoms with E-state index in [1.165, 1.54) is 0 Å². The largest absolute Gasteiger partial charge is 0.489 e. The van der Waals surface area contributed by atoms with Crippen molar-refractivity contribution < 1.29 is 9.84 Å². The summed E-state index contributed by atoms with van der Waals surface area (Å²) in [6.07, 6.45) is -0.0116. The predicted molar refractivity (Wildman–Crippen MR) is 130 cm³/mol. The molecule has 3 aromatic rings. The summed E-state index contributed by atoms with van der Waals surface area (Å²) in [7, 11) is 0. The number of β-amino-alcohol motifs (C(OH)–C–C–N with tert-alkyl or cyclic N) is 1. The molecule has 1 aromatic heterocycles. The average molecular weight is 483 g/mol. The Morgan fingerprint density at radius 2 is 1.87 bits per heavy atom. The molecular weight excluding hydrogens is 457 g/mol. The normalized spacial score (nSPS) is 11.7. The molecule has 5 nitrogen and oxygen atoms in total. The van der Waals surface area contributed by atoms with Crippen molar-refractivity contribution in [1.82, 2.24) is 10.3 Å². The number of nitriles is 1. The Morgan fingerprint density at radius 3 is 2.61 bits per heavy atom. The Morgan fingerprint density at radius 1 is 1.13 bits per heavy atom. The summed E-state index contributed by atoms with van der Waals surface area (Å²) < 4.78 is 5.59. The molecule has 0 aliphatic rings. The molecule has 0 unspecified atom stereocenters. The van der Waals surface area contributed by atoms with E-state index in [1.807, 2.05) is 36.4 Å². The zero-order valence-corrected chi connectivity index (χ0v) is 19.7. The Kier molecular flexibility index (Phi) is 10.5. The molecule has 3 rings (SSSR count). The van der Waals surface area contributed by atoms with Gasteiger partial charge in [0.25, 0.3) is 0 Å². The standard InChI is InChI=1S/C23H24ClN3O2.2ClH/c1-23(2,12-17-11-10-16-6-3-4-8-21(16)27-17)26-14-18(28)15-29-22-9-5-7-20(24)19(22)13-25;;/h3-11,18,26,28H,12,14-15H2,1-2H3;2*1H/t18-;;/m1../s1. The Labute approximate surface area is 200 Å². The van der Waals surface area contributed by atoms with E-state index >= 15 is 0 Å². The lowest BCUT2D eigenvalue weighted by Gasteiger charge is -2.27. The van der Waals surface area contributed by atoms with E-state index in [2.05, 4.69) is 25.2 Å². The third-order valence-electron chi connectivity index (χ3n) is 4.61. The maximum absolute atomic E-state index is 10.3. The van der Waals surface area contributed by atoms with Gasteiger partial charge in [-0.05, 0) is 38.1 Å². The van der Waals surface area contributed by atoms with Crippen molar-refractivity contribution in [3.05, 3.63) is 70.9 Å². The molecule has 0 aliphatic carbocycles. The van der Waals surface area contributed by atoms with Gasteiger partial charge in [0, 0.05) is 29.6 Å². The summed E-state index contributed by atoms with van der Waals surface area (Å²) in [4.78, 5) is 4.72. The molecule has 1 atom stereocenters. The quantitative estimate of drug-likeness (QED) is 0.475. The van der Waals surface area contributed by atoms with Gasteiger partial charge < -0.3 is 15.2 Å². The molecule has 0 spiro atoms. The van der Waals surface area contributed by atoms with Crippen LogP contribution in [0.3, 0.4) is 0 Å². The molecule has 1 heterocycles. The fraction of sp³-hybridized carbons (Fsp3) is 0.304. The highest BCUT2D eigenvalue weighted by Gasteiger charge is 2.20. The van der Waals surface area contributed by atoms with Crippen molar-refractivity contribution in [2.75, 3.05) is 13.2 Å². The van der Waals surface area contributed by atoms with Crippen LogP contribution in [0.2, 0.25) is 5.02 Å². The highest BCUT2D eigenvalue weighted by atomic mass is 35.5. The first-order valence-electron chi connectivity index (χ1n) is 9.47. The second-order valence-electron chi connectivity index (χ2n) is 7.63. The van der Waals surface area contributed by atoms with Crippen molar-refractivity contribution in [1.29, 1.82) is 5.26 Å². The van der Waals surface area contributed by atoms with Gasteiger partial charge in [0.15, 0.2) is 0 Å². The fourth-order valence-corrected chi connectivity index (χ4v) is 3.30. The summed E-state index contributed by atoms with van der Waals surface area (Å²) in [5, 5.41) is 24.3. The monoisotopic (exact) mass is 481 g/mol. The van der Waals surface area contributed by atoms with Crippen LogP contribution in [0.4, 0.5) is 0 Å². The van der Waals surface area contributed by atoms with Crippen LogP contribution in [0, 0.1) is 11.3 Å². The van der Waals surface area contributed by atoms with E-state index < -0.39 is 6.10 Å². The van der Waals surface area contributed by atoms with E-state index in [0.717, 1.165) is 23.0 Å².